The lowest BCUT2D eigenvalue weighted by atomic mass is 9.80. The Morgan fingerprint density at radius 2 is 2.28 bits per heavy atom. The van der Waals surface area contributed by atoms with E-state index in [-0.39, 0.29) is 5.78 Å². The number of benzene rings is 1. The van der Waals surface area contributed by atoms with Crippen molar-refractivity contribution in [1.29, 1.82) is 5.26 Å². The Labute approximate surface area is 106 Å². The van der Waals surface area contributed by atoms with Gasteiger partial charge in [-0.1, -0.05) is 0 Å². The van der Waals surface area contributed by atoms with E-state index in [1.54, 1.807) is 18.2 Å². The summed E-state index contributed by atoms with van der Waals surface area (Å²) in [5.41, 5.74) is 1.02. The molecule has 0 saturated heterocycles. The van der Waals surface area contributed by atoms with Crippen LogP contribution in [0.15, 0.2) is 18.2 Å². The highest BCUT2D eigenvalue weighted by atomic mass is 16.3. The van der Waals surface area contributed by atoms with Gasteiger partial charge in [0.1, 0.15) is 6.07 Å². The molecule has 0 aliphatic heterocycles. The first-order valence-corrected chi connectivity index (χ1v) is 6.05. The second kappa shape index (κ2) is 4.79. The van der Waals surface area contributed by atoms with Gasteiger partial charge in [-0.05, 0) is 44.4 Å². The van der Waals surface area contributed by atoms with Gasteiger partial charge in [-0.2, -0.15) is 5.26 Å². The third kappa shape index (κ3) is 2.52. The number of Topliss-reactive ketones (excluding diaryl/α,β-unsaturated/α-hetero) is 1. The van der Waals surface area contributed by atoms with Crippen LogP contribution < -0.4 is 5.32 Å². The van der Waals surface area contributed by atoms with Crippen LogP contribution in [0.4, 0.5) is 5.69 Å². The summed E-state index contributed by atoms with van der Waals surface area (Å²) in [4.78, 5) is 11.3. The van der Waals surface area contributed by atoms with E-state index in [9.17, 15) is 9.90 Å². The molecule has 18 heavy (non-hydrogen) atoms. The SMILES string of the molecule is CC(=O)c1ccc(C#N)c(NCC2(O)CCC2)c1. The van der Waals surface area contributed by atoms with Crippen LogP contribution in [0.1, 0.15) is 42.1 Å². The topological polar surface area (TPSA) is 73.1 Å². The molecule has 2 N–H and O–H groups in total. The fourth-order valence-electron chi connectivity index (χ4n) is 2.03. The molecule has 0 bridgehead atoms. The van der Waals surface area contributed by atoms with E-state index >= 15 is 0 Å². The number of nitrogens with one attached hydrogen (secondary N) is 1. The second-order valence-electron chi connectivity index (χ2n) is 4.86. The van der Waals surface area contributed by atoms with Crippen molar-refractivity contribution in [3.05, 3.63) is 29.3 Å². The number of aliphatic hydroxyl groups is 1. The van der Waals surface area contributed by atoms with Gasteiger partial charge in [0.25, 0.3) is 0 Å². The summed E-state index contributed by atoms with van der Waals surface area (Å²) in [6, 6.07) is 7.02. The van der Waals surface area contributed by atoms with Gasteiger partial charge in [0, 0.05) is 12.1 Å². The minimum absolute atomic E-state index is 0.0371. The Morgan fingerprint density at radius 1 is 1.56 bits per heavy atom. The number of rotatable bonds is 4. The number of carbonyl (C=O) groups excluding carboxylic acids is 1. The van der Waals surface area contributed by atoms with Gasteiger partial charge in [-0.3, -0.25) is 4.79 Å². The van der Waals surface area contributed by atoms with Gasteiger partial charge in [0.05, 0.1) is 16.9 Å². The number of hydrogen-bond donors (Lipinski definition) is 2. The summed E-state index contributed by atoms with van der Waals surface area (Å²) in [7, 11) is 0. The average Bonchev–Trinajstić information content (AvgIpc) is 2.33. The zero-order valence-electron chi connectivity index (χ0n) is 10.4. The molecular weight excluding hydrogens is 228 g/mol. The number of hydrogen-bond acceptors (Lipinski definition) is 4. The van der Waals surface area contributed by atoms with Crippen molar-refractivity contribution in [2.24, 2.45) is 0 Å². The van der Waals surface area contributed by atoms with Crippen molar-refractivity contribution in [1.82, 2.24) is 0 Å². The molecule has 1 fully saturated rings. The molecule has 94 valence electrons. The molecule has 0 unspecified atom stereocenters. The molecule has 0 radical (unpaired) electrons. The maximum atomic E-state index is 11.3. The Morgan fingerprint density at radius 3 is 2.78 bits per heavy atom. The Bertz CT molecular complexity index is 513. The van der Waals surface area contributed by atoms with Gasteiger partial charge in [-0.15, -0.1) is 0 Å². The molecule has 0 amide bonds. The molecule has 0 aromatic heterocycles. The molecule has 1 aliphatic rings. The van der Waals surface area contributed by atoms with Crippen molar-refractivity contribution in [3.63, 3.8) is 0 Å². The van der Waals surface area contributed by atoms with Gasteiger partial charge in [0.2, 0.25) is 0 Å². The van der Waals surface area contributed by atoms with E-state index in [1.807, 2.05) is 0 Å². The minimum atomic E-state index is -0.654. The second-order valence-corrected chi connectivity index (χ2v) is 4.86. The van der Waals surface area contributed by atoms with Gasteiger partial charge >= 0.3 is 0 Å². The van der Waals surface area contributed by atoms with E-state index in [4.69, 9.17) is 5.26 Å². The highest BCUT2D eigenvalue weighted by Crippen LogP contribution is 2.32. The third-order valence-electron chi connectivity index (χ3n) is 3.44. The predicted octanol–water partition coefficient (Wildman–Crippen LogP) is 2.09. The molecular formula is C14H16N2O2. The number of nitrogens with zero attached hydrogens (tertiary/aromatic N) is 1. The maximum Gasteiger partial charge on any atom is 0.159 e. The summed E-state index contributed by atoms with van der Waals surface area (Å²) < 4.78 is 0. The van der Waals surface area contributed by atoms with Crippen LogP contribution in [0.5, 0.6) is 0 Å². The van der Waals surface area contributed by atoms with Gasteiger partial charge in [-0.25, -0.2) is 0 Å². The van der Waals surface area contributed by atoms with Crippen molar-refractivity contribution in [2.45, 2.75) is 31.8 Å². The van der Waals surface area contributed by atoms with E-state index in [0.717, 1.165) is 19.3 Å². The van der Waals surface area contributed by atoms with E-state index in [0.29, 0.717) is 23.4 Å². The molecule has 0 heterocycles. The number of anilines is 1. The van der Waals surface area contributed by atoms with Crippen molar-refractivity contribution in [2.75, 3.05) is 11.9 Å². The first kappa shape index (κ1) is 12.6. The largest absolute Gasteiger partial charge is 0.388 e. The average molecular weight is 244 g/mol. The quantitative estimate of drug-likeness (QED) is 0.795. The molecule has 1 aromatic carbocycles. The lowest BCUT2D eigenvalue weighted by Crippen LogP contribution is -2.43. The molecule has 1 aromatic rings. The lowest BCUT2D eigenvalue weighted by molar-refractivity contribution is -0.0202. The van der Waals surface area contributed by atoms with Crippen LogP contribution in [0.3, 0.4) is 0 Å². The summed E-state index contributed by atoms with van der Waals surface area (Å²) in [5.74, 6) is -0.0371. The molecule has 1 saturated carbocycles. The standard InChI is InChI=1S/C14H16N2O2/c1-10(17)11-3-4-12(8-15)13(7-11)16-9-14(18)5-2-6-14/h3-4,7,16,18H,2,5-6,9H2,1H3. The van der Waals surface area contributed by atoms with Crippen molar-refractivity contribution < 1.29 is 9.90 Å². The summed E-state index contributed by atoms with van der Waals surface area (Å²) in [6.07, 6.45) is 2.61. The maximum absolute atomic E-state index is 11.3. The van der Waals surface area contributed by atoms with Crippen molar-refractivity contribution >= 4 is 11.5 Å². The van der Waals surface area contributed by atoms with Crippen LogP contribution in [0, 0.1) is 11.3 Å². The zero-order valence-corrected chi connectivity index (χ0v) is 10.4. The predicted molar refractivity (Wildman–Crippen MR) is 68.5 cm³/mol. The first-order valence-electron chi connectivity index (χ1n) is 6.05. The van der Waals surface area contributed by atoms with Gasteiger partial charge in [0.15, 0.2) is 5.78 Å². The lowest BCUT2D eigenvalue weighted by Gasteiger charge is -2.37. The Balaban J connectivity index is 2.16. The normalized spacial score (nSPS) is 16.5. The van der Waals surface area contributed by atoms with Crippen LogP contribution in [-0.4, -0.2) is 23.0 Å². The van der Waals surface area contributed by atoms with E-state index in [1.165, 1.54) is 6.92 Å². The molecule has 0 spiro atoms. The minimum Gasteiger partial charge on any atom is -0.388 e. The molecule has 2 rings (SSSR count). The Kier molecular flexibility index (Phi) is 3.35. The smallest absolute Gasteiger partial charge is 0.159 e. The van der Waals surface area contributed by atoms with Gasteiger partial charge < -0.3 is 10.4 Å². The monoisotopic (exact) mass is 244 g/mol. The number of ketones is 1. The highest BCUT2D eigenvalue weighted by molar-refractivity contribution is 5.95. The van der Waals surface area contributed by atoms with Crippen molar-refractivity contribution in [3.8, 4) is 6.07 Å². The van der Waals surface area contributed by atoms with Crippen LogP contribution in [0.25, 0.3) is 0 Å². The molecule has 1 aliphatic carbocycles. The van der Waals surface area contributed by atoms with E-state index < -0.39 is 5.60 Å². The first-order chi connectivity index (χ1) is 8.54. The third-order valence-corrected chi connectivity index (χ3v) is 3.44. The molecule has 4 nitrogen and oxygen atoms in total. The number of carbonyl (C=O) groups is 1. The highest BCUT2D eigenvalue weighted by Gasteiger charge is 2.34. The Hall–Kier alpha value is -1.86. The zero-order chi connectivity index (χ0) is 13.2. The van der Waals surface area contributed by atoms with Crippen LogP contribution in [-0.2, 0) is 0 Å². The molecule has 0 atom stereocenters. The van der Waals surface area contributed by atoms with E-state index in [2.05, 4.69) is 11.4 Å². The summed E-state index contributed by atoms with van der Waals surface area (Å²) >= 11 is 0. The summed E-state index contributed by atoms with van der Waals surface area (Å²) in [5, 5.41) is 22.1. The summed E-state index contributed by atoms with van der Waals surface area (Å²) in [6.45, 7) is 1.91. The fourth-order valence-corrected chi connectivity index (χ4v) is 2.03. The number of nitriles is 1. The van der Waals surface area contributed by atoms with Crippen LogP contribution in [0.2, 0.25) is 0 Å². The fraction of sp³-hybridized carbons (Fsp3) is 0.429. The van der Waals surface area contributed by atoms with Crippen LogP contribution >= 0.6 is 0 Å². The molecule has 4 heteroatoms.